The van der Waals surface area contributed by atoms with Gasteiger partial charge in [0.25, 0.3) is 10.0 Å². The standard InChI is InChI=1S/C33H43N3O6S/c1-7-9-19-34-33(38)29(8-2)35(22-26-12-10-11-25(4)20-26)32(37)23-36(30-21-27(41-5)15-18-31(30)42-6)43(39,40)28-16-13-24(3)14-17-28/h10-18,20-21,29H,7-9,19,22-23H2,1-6H3,(H,34,38). The molecule has 0 aliphatic rings. The zero-order valence-corrected chi connectivity index (χ0v) is 26.7. The molecule has 3 aromatic carbocycles. The maximum absolute atomic E-state index is 14.3. The van der Waals surface area contributed by atoms with E-state index < -0.39 is 28.5 Å². The first-order valence-corrected chi connectivity index (χ1v) is 15.9. The van der Waals surface area contributed by atoms with Crippen LogP contribution in [0.1, 0.15) is 49.8 Å². The molecule has 0 aliphatic heterocycles. The molecule has 10 heteroatoms. The minimum Gasteiger partial charge on any atom is -0.497 e. The second-order valence-corrected chi connectivity index (χ2v) is 12.3. The van der Waals surface area contributed by atoms with E-state index in [1.54, 1.807) is 24.3 Å². The Morgan fingerprint density at radius 2 is 1.63 bits per heavy atom. The van der Waals surface area contributed by atoms with Gasteiger partial charge in [-0.15, -0.1) is 0 Å². The van der Waals surface area contributed by atoms with Gasteiger partial charge in [0.05, 0.1) is 24.8 Å². The fourth-order valence-corrected chi connectivity index (χ4v) is 6.19. The molecule has 0 spiro atoms. The first kappa shape index (κ1) is 33.5. The number of rotatable bonds is 15. The molecule has 0 aromatic heterocycles. The number of unbranched alkanes of at least 4 members (excludes halogenated alkanes) is 1. The normalized spacial score (nSPS) is 11.9. The Morgan fingerprint density at radius 3 is 2.23 bits per heavy atom. The van der Waals surface area contributed by atoms with Gasteiger partial charge in [-0.3, -0.25) is 13.9 Å². The van der Waals surface area contributed by atoms with Gasteiger partial charge >= 0.3 is 0 Å². The van der Waals surface area contributed by atoms with Crippen LogP contribution in [0.15, 0.2) is 71.6 Å². The zero-order valence-electron chi connectivity index (χ0n) is 25.9. The molecule has 1 N–H and O–H groups in total. The molecule has 2 amide bonds. The summed E-state index contributed by atoms with van der Waals surface area (Å²) in [6, 6.07) is 18.1. The van der Waals surface area contributed by atoms with Crippen molar-refractivity contribution in [1.29, 1.82) is 0 Å². The molecule has 3 aromatic rings. The van der Waals surface area contributed by atoms with Crippen LogP contribution in [-0.4, -0.2) is 58.5 Å². The van der Waals surface area contributed by atoms with Crippen LogP contribution in [0, 0.1) is 13.8 Å². The Labute approximate surface area is 255 Å². The molecule has 9 nitrogen and oxygen atoms in total. The molecule has 3 rings (SSSR count). The van der Waals surface area contributed by atoms with Gasteiger partial charge in [-0.2, -0.15) is 0 Å². The molecule has 43 heavy (non-hydrogen) atoms. The number of hydrogen-bond acceptors (Lipinski definition) is 6. The molecule has 0 saturated heterocycles. The van der Waals surface area contributed by atoms with Crippen LogP contribution in [0.3, 0.4) is 0 Å². The Balaban J connectivity index is 2.13. The van der Waals surface area contributed by atoms with E-state index in [1.807, 2.05) is 52.0 Å². The van der Waals surface area contributed by atoms with E-state index in [2.05, 4.69) is 5.32 Å². The predicted molar refractivity (Wildman–Crippen MR) is 169 cm³/mol. The van der Waals surface area contributed by atoms with Crippen molar-refractivity contribution in [2.45, 2.75) is 64.4 Å². The van der Waals surface area contributed by atoms with E-state index in [9.17, 15) is 18.0 Å². The largest absolute Gasteiger partial charge is 0.497 e. The fraction of sp³-hybridized carbons (Fsp3) is 0.394. The summed E-state index contributed by atoms with van der Waals surface area (Å²) in [5.41, 5.74) is 2.88. The van der Waals surface area contributed by atoms with Crippen molar-refractivity contribution in [3.63, 3.8) is 0 Å². The van der Waals surface area contributed by atoms with Gasteiger partial charge in [0.15, 0.2) is 0 Å². The third kappa shape index (κ3) is 8.50. The number of nitrogens with zero attached hydrogens (tertiary/aromatic N) is 2. The number of benzene rings is 3. The van der Waals surface area contributed by atoms with Crippen molar-refractivity contribution in [2.24, 2.45) is 0 Å². The summed E-state index contributed by atoms with van der Waals surface area (Å²) in [5, 5.41) is 2.95. The fourth-order valence-electron chi connectivity index (χ4n) is 4.78. The monoisotopic (exact) mass is 609 g/mol. The Bertz CT molecular complexity index is 1490. The molecule has 0 aliphatic carbocycles. The number of aryl methyl sites for hydroxylation is 2. The molecular weight excluding hydrogens is 566 g/mol. The number of carbonyl (C=O) groups is 2. The van der Waals surface area contributed by atoms with Crippen LogP contribution in [-0.2, 0) is 26.2 Å². The number of anilines is 1. The number of carbonyl (C=O) groups excluding carboxylic acids is 2. The topological polar surface area (TPSA) is 105 Å². The van der Waals surface area contributed by atoms with E-state index in [-0.39, 0.29) is 28.8 Å². The van der Waals surface area contributed by atoms with E-state index in [1.165, 1.54) is 37.3 Å². The lowest BCUT2D eigenvalue weighted by Gasteiger charge is -2.33. The van der Waals surface area contributed by atoms with Crippen LogP contribution < -0.4 is 19.1 Å². The maximum atomic E-state index is 14.3. The number of ether oxygens (including phenoxy) is 2. The number of amides is 2. The molecule has 1 atom stereocenters. The molecule has 0 saturated carbocycles. The lowest BCUT2D eigenvalue weighted by atomic mass is 10.1. The van der Waals surface area contributed by atoms with E-state index in [0.29, 0.717) is 18.7 Å². The Morgan fingerprint density at radius 1 is 0.907 bits per heavy atom. The quantitative estimate of drug-likeness (QED) is 0.236. The second kappa shape index (κ2) is 15.4. The second-order valence-electron chi connectivity index (χ2n) is 10.4. The summed E-state index contributed by atoms with van der Waals surface area (Å²) < 4.78 is 40.4. The third-order valence-corrected chi connectivity index (χ3v) is 8.97. The highest BCUT2D eigenvalue weighted by Crippen LogP contribution is 2.36. The van der Waals surface area contributed by atoms with Gasteiger partial charge in [0, 0.05) is 19.2 Å². The third-order valence-electron chi connectivity index (χ3n) is 7.19. The van der Waals surface area contributed by atoms with Crippen LogP contribution in [0.4, 0.5) is 5.69 Å². The van der Waals surface area contributed by atoms with Crippen molar-refractivity contribution < 1.29 is 27.5 Å². The molecule has 0 fully saturated rings. The van der Waals surface area contributed by atoms with E-state index in [0.717, 1.165) is 33.8 Å². The molecule has 0 radical (unpaired) electrons. The molecule has 232 valence electrons. The van der Waals surface area contributed by atoms with Crippen LogP contribution in [0.5, 0.6) is 11.5 Å². The lowest BCUT2D eigenvalue weighted by Crippen LogP contribution is -2.52. The minimum atomic E-state index is -4.26. The van der Waals surface area contributed by atoms with Crippen molar-refractivity contribution in [2.75, 3.05) is 31.6 Å². The van der Waals surface area contributed by atoms with Crippen molar-refractivity contribution in [3.8, 4) is 11.5 Å². The van der Waals surface area contributed by atoms with Gasteiger partial charge in [-0.05, 0) is 56.5 Å². The maximum Gasteiger partial charge on any atom is 0.264 e. The van der Waals surface area contributed by atoms with Gasteiger partial charge < -0.3 is 19.7 Å². The number of nitrogens with one attached hydrogen (secondary N) is 1. The smallest absolute Gasteiger partial charge is 0.264 e. The lowest BCUT2D eigenvalue weighted by molar-refractivity contribution is -0.140. The van der Waals surface area contributed by atoms with E-state index in [4.69, 9.17) is 9.47 Å². The summed E-state index contributed by atoms with van der Waals surface area (Å²) in [7, 11) is -1.35. The number of methoxy groups -OCH3 is 2. The highest BCUT2D eigenvalue weighted by Gasteiger charge is 2.35. The van der Waals surface area contributed by atoms with Crippen molar-refractivity contribution in [1.82, 2.24) is 10.2 Å². The first-order chi connectivity index (χ1) is 20.5. The molecule has 0 heterocycles. The summed E-state index contributed by atoms with van der Waals surface area (Å²) in [5.74, 6) is -0.159. The summed E-state index contributed by atoms with van der Waals surface area (Å²) in [6.45, 7) is 7.75. The van der Waals surface area contributed by atoms with Crippen molar-refractivity contribution >= 4 is 27.5 Å². The average Bonchev–Trinajstić information content (AvgIpc) is 2.99. The number of sulfonamides is 1. The van der Waals surface area contributed by atoms with Gasteiger partial charge in [0.1, 0.15) is 24.1 Å². The molecule has 1 unspecified atom stereocenters. The minimum absolute atomic E-state index is 0.0188. The Hall–Kier alpha value is -4.05. The number of hydrogen-bond donors (Lipinski definition) is 1. The molecular formula is C33H43N3O6S. The summed E-state index contributed by atoms with van der Waals surface area (Å²) in [6.07, 6.45) is 2.08. The highest BCUT2D eigenvalue weighted by atomic mass is 32.2. The van der Waals surface area contributed by atoms with Crippen LogP contribution in [0.25, 0.3) is 0 Å². The Kier molecular flexibility index (Phi) is 12.0. The van der Waals surface area contributed by atoms with Crippen LogP contribution in [0.2, 0.25) is 0 Å². The average molecular weight is 610 g/mol. The highest BCUT2D eigenvalue weighted by molar-refractivity contribution is 7.92. The van der Waals surface area contributed by atoms with Crippen LogP contribution >= 0.6 is 0 Å². The molecule has 0 bridgehead atoms. The SMILES string of the molecule is CCCCNC(=O)C(CC)N(Cc1cccc(C)c1)C(=O)CN(c1cc(OC)ccc1OC)S(=O)(=O)c1ccc(C)cc1. The van der Waals surface area contributed by atoms with Gasteiger partial charge in [-0.1, -0.05) is 67.8 Å². The zero-order chi connectivity index (χ0) is 31.6. The summed E-state index contributed by atoms with van der Waals surface area (Å²) >= 11 is 0. The van der Waals surface area contributed by atoms with Gasteiger partial charge in [0.2, 0.25) is 11.8 Å². The van der Waals surface area contributed by atoms with Gasteiger partial charge in [-0.25, -0.2) is 8.42 Å². The van der Waals surface area contributed by atoms with E-state index >= 15 is 0 Å². The van der Waals surface area contributed by atoms with Crippen molar-refractivity contribution in [3.05, 3.63) is 83.4 Å². The summed E-state index contributed by atoms with van der Waals surface area (Å²) in [4.78, 5) is 29.2. The predicted octanol–water partition coefficient (Wildman–Crippen LogP) is 5.24. The first-order valence-electron chi connectivity index (χ1n) is 14.5.